The standard InChI is InChI=1S/C17H20ClN3O2/c1-12(16(23-2)14-3-5-15(18)6-4-14)21-17(22)20-11-13-7-9-19-10-8-13/h3-10,12,16H,11H2,1-2H3,(H2,20,21,22). The van der Waals surface area contributed by atoms with E-state index < -0.39 is 0 Å². The van der Waals surface area contributed by atoms with Crippen molar-refractivity contribution in [3.8, 4) is 0 Å². The van der Waals surface area contributed by atoms with Crippen molar-refractivity contribution in [2.75, 3.05) is 7.11 Å². The number of carbonyl (C=O) groups is 1. The summed E-state index contributed by atoms with van der Waals surface area (Å²) in [7, 11) is 1.62. The number of ether oxygens (including phenoxy) is 1. The van der Waals surface area contributed by atoms with Crippen molar-refractivity contribution in [3.05, 3.63) is 64.9 Å². The number of nitrogens with one attached hydrogen (secondary N) is 2. The van der Waals surface area contributed by atoms with Gasteiger partial charge < -0.3 is 15.4 Å². The van der Waals surface area contributed by atoms with E-state index >= 15 is 0 Å². The summed E-state index contributed by atoms with van der Waals surface area (Å²) in [6.45, 7) is 2.34. The number of amides is 2. The zero-order valence-corrected chi connectivity index (χ0v) is 13.9. The van der Waals surface area contributed by atoms with Crippen LogP contribution >= 0.6 is 11.6 Å². The van der Waals surface area contributed by atoms with E-state index in [0.29, 0.717) is 11.6 Å². The minimum absolute atomic E-state index is 0.196. The molecule has 122 valence electrons. The van der Waals surface area contributed by atoms with Crippen LogP contribution < -0.4 is 10.6 Å². The first-order valence-electron chi connectivity index (χ1n) is 7.31. The molecule has 1 heterocycles. The number of hydrogen-bond donors (Lipinski definition) is 2. The van der Waals surface area contributed by atoms with E-state index in [1.54, 1.807) is 31.6 Å². The summed E-state index contributed by atoms with van der Waals surface area (Å²) in [5.41, 5.74) is 1.95. The van der Waals surface area contributed by atoms with Gasteiger partial charge in [-0.05, 0) is 42.3 Å². The third kappa shape index (κ3) is 5.23. The molecule has 2 unspecified atom stereocenters. The maximum absolute atomic E-state index is 12.0. The molecular formula is C17H20ClN3O2. The van der Waals surface area contributed by atoms with Gasteiger partial charge in [-0.3, -0.25) is 4.98 Å². The Balaban J connectivity index is 1.89. The van der Waals surface area contributed by atoms with Gasteiger partial charge in [0, 0.05) is 31.1 Å². The number of hydrogen-bond acceptors (Lipinski definition) is 3. The van der Waals surface area contributed by atoms with Crippen LogP contribution in [0.15, 0.2) is 48.8 Å². The van der Waals surface area contributed by atoms with Crippen molar-refractivity contribution >= 4 is 17.6 Å². The molecule has 6 heteroatoms. The van der Waals surface area contributed by atoms with E-state index in [9.17, 15) is 4.79 Å². The molecule has 5 nitrogen and oxygen atoms in total. The second-order valence-electron chi connectivity index (χ2n) is 5.18. The Morgan fingerprint density at radius 3 is 2.48 bits per heavy atom. The van der Waals surface area contributed by atoms with Gasteiger partial charge in [-0.2, -0.15) is 0 Å². The summed E-state index contributed by atoms with van der Waals surface area (Å²) < 4.78 is 5.51. The van der Waals surface area contributed by atoms with Crippen LogP contribution in [0.1, 0.15) is 24.2 Å². The number of benzene rings is 1. The highest BCUT2D eigenvalue weighted by Crippen LogP contribution is 2.22. The van der Waals surface area contributed by atoms with E-state index in [-0.39, 0.29) is 18.2 Å². The van der Waals surface area contributed by atoms with Gasteiger partial charge in [0.25, 0.3) is 0 Å². The molecule has 1 aromatic heterocycles. The van der Waals surface area contributed by atoms with Gasteiger partial charge >= 0.3 is 6.03 Å². The number of aromatic nitrogens is 1. The summed E-state index contributed by atoms with van der Waals surface area (Å²) in [6.07, 6.45) is 3.14. The topological polar surface area (TPSA) is 63.2 Å². The van der Waals surface area contributed by atoms with Gasteiger partial charge in [-0.15, -0.1) is 0 Å². The molecule has 0 fully saturated rings. The highest BCUT2D eigenvalue weighted by Gasteiger charge is 2.20. The molecular weight excluding hydrogens is 314 g/mol. The molecule has 1 aromatic carbocycles. The first-order valence-corrected chi connectivity index (χ1v) is 7.69. The van der Waals surface area contributed by atoms with E-state index in [2.05, 4.69) is 15.6 Å². The maximum atomic E-state index is 12.0. The molecule has 0 radical (unpaired) electrons. The van der Waals surface area contributed by atoms with Crippen molar-refractivity contribution in [1.82, 2.24) is 15.6 Å². The summed E-state index contributed by atoms with van der Waals surface area (Å²) in [6, 6.07) is 10.7. The number of urea groups is 1. The van der Waals surface area contributed by atoms with Crippen LogP contribution in [-0.2, 0) is 11.3 Å². The molecule has 0 saturated carbocycles. The molecule has 0 aliphatic rings. The van der Waals surface area contributed by atoms with Crippen molar-refractivity contribution in [3.63, 3.8) is 0 Å². The first-order chi connectivity index (χ1) is 11.1. The Morgan fingerprint density at radius 2 is 1.87 bits per heavy atom. The Hall–Kier alpha value is -2.11. The normalized spacial score (nSPS) is 13.2. The molecule has 2 N–H and O–H groups in total. The molecule has 0 saturated heterocycles. The van der Waals surface area contributed by atoms with Crippen LogP contribution in [0.5, 0.6) is 0 Å². The average molecular weight is 334 g/mol. The minimum Gasteiger partial charge on any atom is -0.375 e. The van der Waals surface area contributed by atoms with Crippen LogP contribution in [0.4, 0.5) is 4.79 Å². The minimum atomic E-state index is -0.251. The SMILES string of the molecule is COC(c1ccc(Cl)cc1)C(C)NC(=O)NCc1ccncc1. The Bertz CT molecular complexity index is 619. The van der Waals surface area contributed by atoms with Gasteiger partial charge in [0.15, 0.2) is 0 Å². The van der Waals surface area contributed by atoms with Gasteiger partial charge in [0.05, 0.1) is 6.04 Å². The van der Waals surface area contributed by atoms with Crippen LogP contribution in [0.2, 0.25) is 5.02 Å². The largest absolute Gasteiger partial charge is 0.375 e. The fourth-order valence-corrected chi connectivity index (χ4v) is 2.42. The molecule has 0 bridgehead atoms. The summed E-state index contributed by atoms with van der Waals surface area (Å²) >= 11 is 5.90. The molecule has 2 amide bonds. The van der Waals surface area contributed by atoms with Crippen LogP contribution in [0.25, 0.3) is 0 Å². The van der Waals surface area contributed by atoms with Gasteiger partial charge in [-0.25, -0.2) is 4.79 Å². The number of pyridine rings is 1. The van der Waals surface area contributed by atoms with Gasteiger partial charge in [0.2, 0.25) is 0 Å². The highest BCUT2D eigenvalue weighted by molar-refractivity contribution is 6.30. The maximum Gasteiger partial charge on any atom is 0.315 e. The number of halogens is 1. The van der Waals surface area contributed by atoms with Gasteiger partial charge in [0.1, 0.15) is 6.10 Å². The number of rotatable bonds is 6. The lowest BCUT2D eigenvalue weighted by Crippen LogP contribution is -2.43. The lowest BCUT2D eigenvalue weighted by atomic mass is 10.0. The number of methoxy groups -OCH3 is 1. The Kier molecular flexibility index (Phi) is 6.38. The van der Waals surface area contributed by atoms with E-state index in [4.69, 9.17) is 16.3 Å². The fourth-order valence-electron chi connectivity index (χ4n) is 2.30. The smallest absolute Gasteiger partial charge is 0.315 e. The molecule has 0 aliphatic heterocycles. The first kappa shape index (κ1) is 17.2. The zero-order valence-electron chi connectivity index (χ0n) is 13.1. The highest BCUT2D eigenvalue weighted by atomic mass is 35.5. The van der Waals surface area contributed by atoms with Crippen molar-refractivity contribution < 1.29 is 9.53 Å². The molecule has 2 atom stereocenters. The van der Waals surface area contributed by atoms with Crippen molar-refractivity contribution in [2.45, 2.75) is 25.6 Å². The summed E-state index contributed by atoms with van der Waals surface area (Å²) in [5, 5.41) is 6.37. The summed E-state index contributed by atoms with van der Waals surface area (Å²) in [4.78, 5) is 16.0. The van der Waals surface area contributed by atoms with Crippen LogP contribution in [-0.4, -0.2) is 24.2 Å². The Morgan fingerprint density at radius 1 is 1.22 bits per heavy atom. The number of nitrogens with zero attached hydrogens (tertiary/aromatic N) is 1. The lowest BCUT2D eigenvalue weighted by molar-refractivity contribution is 0.0762. The third-order valence-electron chi connectivity index (χ3n) is 3.47. The lowest BCUT2D eigenvalue weighted by Gasteiger charge is -2.24. The van der Waals surface area contributed by atoms with Crippen molar-refractivity contribution in [1.29, 1.82) is 0 Å². The monoisotopic (exact) mass is 333 g/mol. The van der Waals surface area contributed by atoms with E-state index in [1.807, 2.05) is 31.2 Å². The van der Waals surface area contributed by atoms with E-state index in [1.165, 1.54) is 0 Å². The molecule has 0 aliphatic carbocycles. The fraction of sp³-hybridized carbons (Fsp3) is 0.294. The van der Waals surface area contributed by atoms with Gasteiger partial charge in [-0.1, -0.05) is 23.7 Å². The zero-order chi connectivity index (χ0) is 16.7. The summed E-state index contributed by atoms with van der Waals surface area (Å²) in [5.74, 6) is 0. The van der Waals surface area contributed by atoms with Crippen molar-refractivity contribution in [2.24, 2.45) is 0 Å². The molecule has 2 aromatic rings. The second-order valence-corrected chi connectivity index (χ2v) is 5.62. The number of carbonyl (C=O) groups excluding carboxylic acids is 1. The molecule has 2 rings (SSSR count). The second kappa shape index (κ2) is 8.50. The van der Waals surface area contributed by atoms with E-state index in [0.717, 1.165) is 11.1 Å². The van der Waals surface area contributed by atoms with Crippen LogP contribution in [0, 0.1) is 0 Å². The quantitative estimate of drug-likeness (QED) is 0.852. The third-order valence-corrected chi connectivity index (χ3v) is 3.72. The molecule has 23 heavy (non-hydrogen) atoms. The average Bonchev–Trinajstić information content (AvgIpc) is 2.56. The predicted molar refractivity (Wildman–Crippen MR) is 90.3 cm³/mol. The molecule has 0 spiro atoms. The Labute approximate surface area is 141 Å². The van der Waals surface area contributed by atoms with Crippen LogP contribution in [0.3, 0.4) is 0 Å². The predicted octanol–water partition coefficient (Wildman–Crippen LogP) is 3.31.